The summed E-state index contributed by atoms with van der Waals surface area (Å²) in [4.78, 5) is 0. The van der Waals surface area contributed by atoms with Crippen LogP contribution in [0.5, 0.6) is 5.75 Å². The topological polar surface area (TPSA) is 27.7 Å². The van der Waals surface area contributed by atoms with Crippen molar-refractivity contribution in [1.29, 1.82) is 0 Å². The molecular formula is C19H20O3. The van der Waals surface area contributed by atoms with Gasteiger partial charge >= 0.3 is 0 Å². The predicted molar refractivity (Wildman–Crippen MR) is 83.8 cm³/mol. The molecule has 3 heteroatoms. The average Bonchev–Trinajstić information content (AvgIpc) is 3.17. The van der Waals surface area contributed by atoms with Crippen LogP contribution in [-0.2, 0) is 9.47 Å². The van der Waals surface area contributed by atoms with Gasteiger partial charge in [0.05, 0.1) is 32.5 Å². The summed E-state index contributed by atoms with van der Waals surface area (Å²) < 4.78 is 17.4. The van der Waals surface area contributed by atoms with Crippen LogP contribution in [-0.4, -0.2) is 20.3 Å². The summed E-state index contributed by atoms with van der Waals surface area (Å²) in [5, 5.41) is 0. The lowest BCUT2D eigenvalue weighted by Crippen LogP contribution is -2.14. The molecule has 4 rings (SSSR count). The zero-order valence-corrected chi connectivity index (χ0v) is 12.6. The molecule has 2 saturated heterocycles. The lowest BCUT2D eigenvalue weighted by molar-refractivity contribution is 0.0193. The highest BCUT2D eigenvalue weighted by atomic mass is 16.5. The van der Waals surface area contributed by atoms with Crippen LogP contribution in [0.4, 0.5) is 0 Å². The Balaban J connectivity index is 1.55. The fourth-order valence-corrected chi connectivity index (χ4v) is 3.67. The summed E-state index contributed by atoms with van der Waals surface area (Å²) in [6.45, 7) is 1.53. The van der Waals surface area contributed by atoms with E-state index in [1.807, 2.05) is 18.2 Å². The minimum absolute atomic E-state index is 0.129. The van der Waals surface area contributed by atoms with Gasteiger partial charge in [0.1, 0.15) is 5.75 Å². The van der Waals surface area contributed by atoms with Gasteiger partial charge in [0.25, 0.3) is 0 Å². The molecule has 0 aliphatic carbocycles. The van der Waals surface area contributed by atoms with Gasteiger partial charge in [-0.3, -0.25) is 0 Å². The first kappa shape index (κ1) is 13.8. The normalized spacial score (nSPS) is 30.2. The fraction of sp³-hybridized carbons (Fsp3) is 0.368. The first-order chi connectivity index (χ1) is 10.9. The summed E-state index contributed by atoms with van der Waals surface area (Å²) in [5.41, 5.74) is 2.47. The predicted octanol–water partition coefficient (Wildman–Crippen LogP) is 3.77. The van der Waals surface area contributed by atoms with E-state index in [4.69, 9.17) is 14.2 Å². The largest absolute Gasteiger partial charge is 0.497 e. The summed E-state index contributed by atoms with van der Waals surface area (Å²) in [6.07, 6.45) is 0.291. The quantitative estimate of drug-likeness (QED) is 0.863. The fourth-order valence-electron chi connectivity index (χ4n) is 3.67. The van der Waals surface area contributed by atoms with Crippen LogP contribution in [0.15, 0.2) is 54.6 Å². The molecule has 0 N–H and O–H groups in total. The number of fused-ring (bicyclic) bond motifs is 1. The molecule has 22 heavy (non-hydrogen) atoms. The van der Waals surface area contributed by atoms with E-state index in [1.54, 1.807) is 7.11 Å². The molecular weight excluding hydrogens is 276 g/mol. The molecule has 0 unspecified atom stereocenters. The first-order valence-electron chi connectivity index (χ1n) is 7.79. The Morgan fingerprint density at radius 2 is 1.32 bits per heavy atom. The van der Waals surface area contributed by atoms with Crippen LogP contribution in [0.25, 0.3) is 0 Å². The van der Waals surface area contributed by atoms with Gasteiger partial charge in [-0.2, -0.15) is 0 Å². The Kier molecular flexibility index (Phi) is 3.60. The van der Waals surface area contributed by atoms with Gasteiger partial charge in [0.2, 0.25) is 0 Å². The molecule has 0 saturated carbocycles. The Bertz CT molecular complexity index is 623. The number of hydrogen-bond acceptors (Lipinski definition) is 3. The molecule has 2 heterocycles. The highest BCUT2D eigenvalue weighted by molar-refractivity contribution is 5.30. The molecule has 0 aromatic heterocycles. The van der Waals surface area contributed by atoms with Crippen molar-refractivity contribution in [3.63, 3.8) is 0 Å². The molecule has 2 aliphatic rings. The van der Waals surface area contributed by atoms with Gasteiger partial charge in [-0.15, -0.1) is 0 Å². The molecule has 0 bridgehead atoms. The maximum Gasteiger partial charge on any atom is 0.118 e. The molecule has 4 atom stereocenters. The van der Waals surface area contributed by atoms with E-state index in [0.29, 0.717) is 11.8 Å². The summed E-state index contributed by atoms with van der Waals surface area (Å²) >= 11 is 0. The van der Waals surface area contributed by atoms with Crippen LogP contribution in [0.2, 0.25) is 0 Å². The second kappa shape index (κ2) is 5.75. The van der Waals surface area contributed by atoms with E-state index < -0.39 is 0 Å². The molecule has 2 aromatic carbocycles. The Morgan fingerprint density at radius 3 is 1.86 bits per heavy atom. The van der Waals surface area contributed by atoms with Gasteiger partial charge in [-0.1, -0.05) is 42.5 Å². The number of ether oxygens (including phenoxy) is 3. The van der Waals surface area contributed by atoms with Crippen molar-refractivity contribution in [3.8, 4) is 5.75 Å². The van der Waals surface area contributed by atoms with Crippen molar-refractivity contribution >= 4 is 0 Å². The van der Waals surface area contributed by atoms with Gasteiger partial charge in [-0.25, -0.2) is 0 Å². The van der Waals surface area contributed by atoms with Crippen LogP contribution in [0, 0.1) is 11.8 Å². The maximum atomic E-state index is 6.11. The highest BCUT2D eigenvalue weighted by Gasteiger charge is 2.47. The molecule has 0 amide bonds. The van der Waals surface area contributed by atoms with Gasteiger partial charge in [-0.05, 0) is 23.3 Å². The lowest BCUT2D eigenvalue weighted by atomic mass is 9.85. The van der Waals surface area contributed by atoms with E-state index >= 15 is 0 Å². The van der Waals surface area contributed by atoms with Crippen LogP contribution in [0.1, 0.15) is 23.3 Å². The third kappa shape index (κ3) is 2.31. The molecule has 2 fully saturated rings. The van der Waals surface area contributed by atoms with Gasteiger partial charge in [0.15, 0.2) is 0 Å². The second-order valence-electron chi connectivity index (χ2n) is 6.02. The standard InChI is InChI=1S/C19H20O3/c1-20-15-9-7-14(8-10-15)19-17-12-21-18(16(17)11-22-19)13-5-3-2-4-6-13/h2-10,16-19H,11-12H2,1H3/t16-,17-,18+,19+/m1/s1. The average molecular weight is 296 g/mol. The Hall–Kier alpha value is -1.84. The molecule has 3 nitrogen and oxygen atoms in total. The highest BCUT2D eigenvalue weighted by Crippen LogP contribution is 2.50. The zero-order valence-electron chi connectivity index (χ0n) is 12.6. The minimum atomic E-state index is 0.129. The summed E-state index contributed by atoms with van der Waals surface area (Å²) in [7, 11) is 1.69. The van der Waals surface area contributed by atoms with E-state index in [-0.39, 0.29) is 12.2 Å². The number of rotatable bonds is 3. The van der Waals surface area contributed by atoms with Crippen LogP contribution >= 0.6 is 0 Å². The third-order valence-corrected chi connectivity index (χ3v) is 4.84. The first-order valence-corrected chi connectivity index (χ1v) is 7.79. The summed E-state index contributed by atoms with van der Waals surface area (Å²) in [5.74, 6) is 1.75. The van der Waals surface area contributed by atoms with Crippen LogP contribution < -0.4 is 4.74 Å². The summed E-state index contributed by atoms with van der Waals surface area (Å²) in [6, 6.07) is 18.7. The van der Waals surface area contributed by atoms with E-state index in [1.165, 1.54) is 11.1 Å². The smallest absolute Gasteiger partial charge is 0.118 e. The zero-order chi connectivity index (χ0) is 14.9. The molecule has 0 spiro atoms. The monoisotopic (exact) mass is 296 g/mol. The lowest BCUT2D eigenvalue weighted by Gasteiger charge is -2.17. The molecule has 114 valence electrons. The van der Waals surface area contributed by atoms with Crippen molar-refractivity contribution in [1.82, 2.24) is 0 Å². The number of benzene rings is 2. The SMILES string of the molecule is COc1ccc([C@@H]2OC[C@@H]3[C@H]2CO[C@H]3c2ccccc2)cc1. The Labute approximate surface area is 130 Å². The van der Waals surface area contributed by atoms with Gasteiger partial charge in [0, 0.05) is 11.8 Å². The van der Waals surface area contributed by atoms with Crippen molar-refractivity contribution in [2.45, 2.75) is 12.2 Å². The van der Waals surface area contributed by atoms with Crippen molar-refractivity contribution < 1.29 is 14.2 Å². The number of hydrogen-bond donors (Lipinski definition) is 0. The van der Waals surface area contributed by atoms with Gasteiger partial charge < -0.3 is 14.2 Å². The molecule has 2 aliphatic heterocycles. The Morgan fingerprint density at radius 1 is 0.773 bits per heavy atom. The van der Waals surface area contributed by atoms with Crippen LogP contribution in [0.3, 0.4) is 0 Å². The van der Waals surface area contributed by atoms with E-state index in [2.05, 4.69) is 36.4 Å². The van der Waals surface area contributed by atoms with Crippen molar-refractivity contribution in [2.24, 2.45) is 11.8 Å². The van der Waals surface area contributed by atoms with Crippen molar-refractivity contribution in [3.05, 3.63) is 65.7 Å². The minimum Gasteiger partial charge on any atom is -0.497 e. The third-order valence-electron chi connectivity index (χ3n) is 4.84. The second-order valence-corrected chi connectivity index (χ2v) is 6.02. The molecule has 0 radical (unpaired) electrons. The number of methoxy groups -OCH3 is 1. The van der Waals surface area contributed by atoms with E-state index in [9.17, 15) is 0 Å². The van der Waals surface area contributed by atoms with E-state index in [0.717, 1.165) is 19.0 Å². The molecule has 2 aromatic rings. The maximum absolute atomic E-state index is 6.11. The van der Waals surface area contributed by atoms with Crippen molar-refractivity contribution in [2.75, 3.05) is 20.3 Å².